The van der Waals surface area contributed by atoms with Gasteiger partial charge in [0.2, 0.25) is 17.0 Å². The van der Waals surface area contributed by atoms with Crippen molar-refractivity contribution >= 4 is 29.4 Å². The topological polar surface area (TPSA) is 83.7 Å². The van der Waals surface area contributed by atoms with Crippen LogP contribution in [0.3, 0.4) is 0 Å². The first-order valence-electron chi connectivity index (χ1n) is 11.3. The highest BCUT2D eigenvalue weighted by Crippen LogP contribution is 2.23. The van der Waals surface area contributed by atoms with Crippen LogP contribution in [0, 0.1) is 19.8 Å². The number of amides is 2. The highest BCUT2D eigenvalue weighted by atomic mass is 32.2. The zero-order valence-electron chi connectivity index (χ0n) is 18.8. The fourth-order valence-corrected chi connectivity index (χ4v) is 5.06. The molecule has 2 amide bonds. The number of piperidine rings is 1. The van der Waals surface area contributed by atoms with E-state index >= 15 is 0 Å². The Hall–Kier alpha value is -2.16. The van der Waals surface area contributed by atoms with Gasteiger partial charge in [-0.2, -0.15) is 4.98 Å². The first kappa shape index (κ1) is 22.0. The molecular formula is C22H32N6O2S. The molecule has 2 saturated heterocycles. The maximum absolute atomic E-state index is 13.0. The zero-order chi connectivity index (χ0) is 22.0. The van der Waals surface area contributed by atoms with Crippen LogP contribution in [-0.2, 0) is 16.0 Å². The molecule has 2 aliphatic heterocycles. The summed E-state index contributed by atoms with van der Waals surface area (Å²) in [4.78, 5) is 38.9. The van der Waals surface area contributed by atoms with Gasteiger partial charge in [-0.1, -0.05) is 24.6 Å². The number of rotatable bonds is 4. The molecule has 168 valence electrons. The minimum Gasteiger partial charge on any atom is -0.342 e. The molecule has 2 fully saturated rings. The molecule has 4 heterocycles. The van der Waals surface area contributed by atoms with Crippen LogP contribution in [0.15, 0.2) is 5.16 Å². The van der Waals surface area contributed by atoms with Crippen molar-refractivity contribution < 1.29 is 9.59 Å². The van der Waals surface area contributed by atoms with Crippen molar-refractivity contribution in [2.24, 2.45) is 5.92 Å². The highest BCUT2D eigenvalue weighted by molar-refractivity contribution is 7.98. The Bertz CT molecular complexity index is 959. The molecule has 2 aromatic rings. The van der Waals surface area contributed by atoms with Gasteiger partial charge in [-0.3, -0.25) is 9.59 Å². The smallest absolute Gasteiger partial charge is 0.253 e. The van der Waals surface area contributed by atoms with Gasteiger partial charge in [-0.25, -0.2) is 9.50 Å². The first-order chi connectivity index (χ1) is 15.0. The molecule has 8 nitrogen and oxygen atoms in total. The van der Waals surface area contributed by atoms with Crippen molar-refractivity contribution in [3.8, 4) is 0 Å². The van der Waals surface area contributed by atoms with Crippen LogP contribution in [0.5, 0.6) is 0 Å². The van der Waals surface area contributed by atoms with Crippen molar-refractivity contribution in [1.82, 2.24) is 29.4 Å². The molecule has 31 heavy (non-hydrogen) atoms. The van der Waals surface area contributed by atoms with Crippen LogP contribution < -0.4 is 0 Å². The van der Waals surface area contributed by atoms with E-state index in [1.807, 2.05) is 25.0 Å². The summed E-state index contributed by atoms with van der Waals surface area (Å²) in [6.45, 7) is 6.98. The minimum absolute atomic E-state index is 0.0590. The van der Waals surface area contributed by atoms with Crippen molar-refractivity contribution in [3.63, 3.8) is 0 Å². The molecule has 4 rings (SSSR count). The predicted octanol–water partition coefficient (Wildman–Crippen LogP) is 2.65. The number of aryl methyl sites for hydroxylation is 2. The van der Waals surface area contributed by atoms with Crippen molar-refractivity contribution in [2.75, 3.05) is 32.4 Å². The number of hydrogen-bond acceptors (Lipinski definition) is 6. The number of thioether (sulfide) groups is 1. The monoisotopic (exact) mass is 444 g/mol. The summed E-state index contributed by atoms with van der Waals surface area (Å²) in [6.07, 6.45) is 8.44. The fourth-order valence-electron chi connectivity index (χ4n) is 4.72. The van der Waals surface area contributed by atoms with E-state index in [2.05, 4.69) is 20.0 Å². The summed E-state index contributed by atoms with van der Waals surface area (Å²) >= 11 is 1.48. The normalized spacial score (nSPS) is 18.4. The predicted molar refractivity (Wildman–Crippen MR) is 120 cm³/mol. The van der Waals surface area contributed by atoms with Gasteiger partial charge in [0.05, 0.1) is 6.42 Å². The number of likely N-dealkylation sites (tertiary alicyclic amines) is 2. The lowest BCUT2D eigenvalue weighted by Crippen LogP contribution is -2.45. The van der Waals surface area contributed by atoms with Crippen LogP contribution in [0.1, 0.15) is 55.5 Å². The van der Waals surface area contributed by atoms with Crippen molar-refractivity contribution in [1.29, 1.82) is 0 Å². The maximum Gasteiger partial charge on any atom is 0.253 e. The maximum atomic E-state index is 13.0. The Morgan fingerprint density at radius 3 is 2.29 bits per heavy atom. The lowest BCUT2D eigenvalue weighted by Gasteiger charge is -2.34. The molecule has 0 aliphatic carbocycles. The third-order valence-electron chi connectivity index (χ3n) is 6.65. The number of aromatic nitrogens is 4. The Balaban J connectivity index is 1.38. The standard InChI is InChI=1S/C22H32N6O2S/c1-15-18(16(2)28-21(23-15)24-22(25-28)31-3)14-19(29)26-12-8-17(9-13-26)20(30)27-10-6-4-5-7-11-27/h17H,4-14H2,1-3H3. The van der Waals surface area contributed by atoms with E-state index in [-0.39, 0.29) is 11.8 Å². The van der Waals surface area contributed by atoms with E-state index in [9.17, 15) is 9.59 Å². The lowest BCUT2D eigenvalue weighted by atomic mass is 9.94. The van der Waals surface area contributed by atoms with Gasteiger partial charge in [0.1, 0.15) is 0 Å². The second-order valence-corrected chi connectivity index (χ2v) is 9.42. The summed E-state index contributed by atoms with van der Waals surface area (Å²) in [6, 6.07) is 0. The first-order valence-corrected chi connectivity index (χ1v) is 12.5. The summed E-state index contributed by atoms with van der Waals surface area (Å²) in [5, 5.41) is 5.15. The highest BCUT2D eigenvalue weighted by Gasteiger charge is 2.31. The van der Waals surface area contributed by atoms with Gasteiger partial charge in [-0.15, -0.1) is 5.10 Å². The van der Waals surface area contributed by atoms with Gasteiger partial charge in [0, 0.05) is 49.0 Å². The Morgan fingerprint density at radius 1 is 0.968 bits per heavy atom. The van der Waals surface area contributed by atoms with Gasteiger partial charge < -0.3 is 9.80 Å². The number of nitrogens with zero attached hydrogens (tertiary/aromatic N) is 6. The second-order valence-electron chi connectivity index (χ2n) is 8.64. The molecule has 0 N–H and O–H groups in total. The number of carbonyl (C=O) groups excluding carboxylic acids is 2. The molecule has 0 radical (unpaired) electrons. The molecule has 0 bridgehead atoms. The fraction of sp³-hybridized carbons (Fsp3) is 0.682. The summed E-state index contributed by atoms with van der Waals surface area (Å²) in [5.41, 5.74) is 2.65. The van der Waals surface area contributed by atoms with Gasteiger partial charge >= 0.3 is 0 Å². The van der Waals surface area contributed by atoms with Gasteiger partial charge in [-0.05, 0) is 45.8 Å². The summed E-state index contributed by atoms with van der Waals surface area (Å²) in [7, 11) is 0. The third-order valence-corrected chi connectivity index (χ3v) is 7.19. The van der Waals surface area contributed by atoms with Crippen molar-refractivity contribution in [3.05, 3.63) is 17.0 Å². The lowest BCUT2D eigenvalue weighted by molar-refractivity contribution is -0.140. The Morgan fingerprint density at radius 2 is 1.65 bits per heavy atom. The molecule has 0 spiro atoms. The largest absolute Gasteiger partial charge is 0.342 e. The molecule has 0 atom stereocenters. The molecule has 0 saturated carbocycles. The van der Waals surface area contributed by atoms with Crippen LogP contribution in [0.2, 0.25) is 0 Å². The quantitative estimate of drug-likeness (QED) is 0.674. The van der Waals surface area contributed by atoms with Crippen molar-refractivity contribution in [2.45, 2.75) is 63.9 Å². The van der Waals surface area contributed by atoms with E-state index in [0.29, 0.717) is 36.4 Å². The second kappa shape index (κ2) is 9.54. The van der Waals surface area contributed by atoms with Crippen LogP contribution >= 0.6 is 11.8 Å². The minimum atomic E-state index is 0.0590. The number of carbonyl (C=O) groups is 2. The van der Waals surface area contributed by atoms with Gasteiger partial charge in [0.15, 0.2) is 0 Å². The molecule has 0 unspecified atom stereocenters. The molecule has 2 aliphatic rings. The van der Waals surface area contributed by atoms with E-state index in [0.717, 1.165) is 55.7 Å². The number of hydrogen-bond donors (Lipinski definition) is 0. The number of fused-ring (bicyclic) bond motifs is 1. The van der Waals surface area contributed by atoms with E-state index in [1.165, 1.54) is 24.6 Å². The van der Waals surface area contributed by atoms with Crippen LogP contribution in [-0.4, -0.2) is 73.6 Å². The SMILES string of the molecule is CSc1nc2nc(C)c(CC(=O)N3CCC(C(=O)N4CCCCCC4)CC3)c(C)n2n1. The van der Waals surface area contributed by atoms with E-state index in [4.69, 9.17) is 0 Å². The van der Waals surface area contributed by atoms with Crippen LogP contribution in [0.4, 0.5) is 0 Å². The summed E-state index contributed by atoms with van der Waals surface area (Å²) in [5.74, 6) is 1.02. The molecule has 0 aromatic carbocycles. The average molecular weight is 445 g/mol. The molecular weight excluding hydrogens is 412 g/mol. The zero-order valence-corrected chi connectivity index (χ0v) is 19.6. The van der Waals surface area contributed by atoms with Gasteiger partial charge in [0.25, 0.3) is 5.78 Å². The average Bonchev–Trinajstić information content (AvgIpc) is 3.01. The Labute approximate surface area is 187 Å². The van der Waals surface area contributed by atoms with Crippen LogP contribution in [0.25, 0.3) is 5.78 Å². The Kier molecular flexibility index (Phi) is 6.79. The molecule has 2 aromatic heterocycles. The third kappa shape index (κ3) is 4.71. The summed E-state index contributed by atoms with van der Waals surface area (Å²) < 4.78 is 1.73. The van der Waals surface area contributed by atoms with E-state index in [1.54, 1.807) is 4.52 Å². The molecule has 9 heteroatoms. The van der Waals surface area contributed by atoms with E-state index < -0.39 is 0 Å².